The average molecular weight is 214 g/mol. The fourth-order valence-electron chi connectivity index (χ4n) is 2.09. The van der Waals surface area contributed by atoms with Crippen molar-refractivity contribution in [1.82, 2.24) is 9.55 Å². The van der Waals surface area contributed by atoms with Crippen LogP contribution in [-0.2, 0) is 6.54 Å². The van der Waals surface area contributed by atoms with Gasteiger partial charge in [-0.2, -0.15) is 0 Å². The van der Waals surface area contributed by atoms with E-state index in [2.05, 4.69) is 30.2 Å². The zero-order chi connectivity index (χ0) is 11.3. The lowest BCUT2D eigenvalue weighted by Gasteiger charge is -2.15. The fraction of sp³-hybridized carbons (Fsp3) is 0.333. The minimum atomic E-state index is -0.111. The minimum Gasteiger partial charge on any atom is -0.349 e. The molecule has 0 spiro atoms. The molecule has 0 saturated carbocycles. The standard InChI is InChI=1S/C12H12N3O/c1-12(2)7-15-10(16)8-5-3-4-6-9(8)13-11(15)14-12/h3,5-6H,7H2,1-2H3,(H,13,14). The van der Waals surface area contributed by atoms with E-state index in [4.69, 9.17) is 0 Å². The fourth-order valence-corrected chi connectivity index (χ4v) is 2.09. The summed E-state index contributed by atoms with van der Waals surface area (Å²) in [4.78, 5) is 16.6. The SMILES string of the molecule is CC1(C)Cn2c(nc3c[c]ccc3c2=O)N1. The average Bonchev–Trinajstić information content (AvgIpc) is 2.53. The lowest BCUT2D eigenvalue weighted by Crippen LogP contribution is -2.29. The van der Waals surface area contributed by atoms with Crippen molar-refractivity contribution in [3.05, 3.63) is 34.6 Å². The highest BCUT2D eigenvalue weighted by molar-refractivity contribution is 5.78. The van der Waals surface area contributed by atoms with Gasteiger partial charge in [0.15, 0.2) is 0 Å². The molecule has 0 aliphatic carbocycles. The first-order valence-electron chi connectivity index (χ1n) is 5.26. The number of rotatable bonds is 0. The van der Waals surface area contributed by atoms with Crippen LogP contribution in [0.25, 0.3) is 10.9 Å². The number of fused-ring (bicyclic) bond motifs is 2. The second-order valence-electron chi connectivity index (χ2n) is 4.78. The Morgan fingerprint density at radius 3 is 3.19 bits per heavy atom. The summed E-state index contributed by atoms with van der Waals surface area (Å²) < 4.78 is 1.70. The normalized spacial score (nSPS) is 17.1. The first kappa shape index (κ1) is 9.39. The van der Waals surface area contributed by atoms with Crippen molar-refractivity contribution in [2.24, 2.45) is 0 Å². The van der Waals surface area contributed by atoms with Gasteiger partial charge >= 0.3 is 0 Å². The maximum atomic E-state index is 12.2. The molecule has 1 radical (unpaired) electrons. The molecular weight excluding hydrogens is 202 g/mol. The Kier molecular flexibility index (Phi) is 1.67. The molecule has 16 heavy (non-hydrogen) atoms. The Balaban J connectivity index is 2.36. The number of aromatic nitrogens is 2. The van der Waals surface area contributed by atoms with Crippen LogP contribution in [0.5, 0.6) is 0 Å². The van der Waals surface area contributed by atoms with E-state index in [0.717, 1.165) is 0 Å². The highest BCUT2D eigenvalue weighted by atomic mass is 16.1. The molecule has 1 aliphatic rings. The molecule has 1 aromatic carbocycles. The van der Waals surface area contributed by atoms with Crippen LogP contribution in [0.3, 0.4) is 0 Å². The van der Waals surface area contributed by atoms with Gasteiger partial charge in [-0.25, -0.2) is 4.98 Å². The van der Waals surface area contributed by atoms with E-state index in [1.165, 1.54) is 0 Å². The molecular formula is C12H12N3O. The van der Waals surface area contributed by atoms with E-state index in [-0.39, 0.29) is 11.1 Å². The minimum absolute atomic E-state index is 0.0204. The van der Waals surface area contributed by atoms with Gasteiger partial charge in [0.2, 0.25) is 5.95 Å². The summed E-state index contributed by atoms with van der Waals surface area (Å²) in [6.07, 6.45) is 0. The third-order valence-corrected chi connectivity index (χ3v) is 2.80. The number of hydrogen-bond acceptors (Lipinski definition) is 3. The first-order valence-corrected chi connectivity index (χ1v) is 5.26. The van der Waals surface area contributed by atoms with Crippen molar-refractivity contribution in [2.75, 3.05) is 5.32 Å². The van der Waals surface area contributed by atoms with Crippen LogP contribution in [0, 0.1) is 6.07 Å². The van der Waals surface area contributed by atoms with Gasteiger partial charge in [-0.05, 0) is 32.0 Å². The highest BCUT2D eigenvalue weighted by Gasteiger charge is 2.29. The molecule has 2 heterocycles. The summed E-state index contributed by atoms with van der Waals surface area (Å²) in [5.41, 5.74) is 0.608. The summed E-state index contributed by atoms with van der Waals surface area (Å²) in [6, 6.07) is 8.19. The van der Waals surface area contributed by atoms with Crippen LogP contribution in [0.1, 0.15) is 13.8 Å². The first-order chi connectivity index (χ1) is 7.57. The van der Waals surface area contributed by atoms with Crippen LogP contribution in [0.4, 0.5) is 5.95 Å². The van der Waals surface area contributed by atoms with Gasteiger partial charge in [0, 0.05) is 0 Å². The van der Waals surface area contributed by atoms with E-state index in [9.17, 15) is 4.79 Å². The van der Waals surface area contributed by atoms with Crippen molar-refractivity contribution < 1.29 is 0 Å². The Morgan fingerprint density at radius 2 is 2.38 bits per heavy atom. The summed E-state index contributed by atoms with van der Waals surface area (Å²) in [5.74, 6) is 0.655. The predicted octanol–water partition coefficient (Wildman–Crippen LogP) is 1.40. The molecule has 4 heteroatoms. The number of nitrogens with zero attached hydrogens (tertiary/aromatic N) is 2. The molecule has 0 amide bonds. The van der Waals surface area contributed by atoms with Gasteiger partial charge in [0.05, 0.1) is 23.0 Å². The number of benzene rings is 1. The van der Waals surface area contributed by atoms with Crippen molar-refractivity contribution in [3.63, 3.8) is 0 Å². The molecule has 0 atom stereocenters. The maximum Gasteiger partial charge on any atom is 0.262 e. The second kappa shape index (κ2) is 2.84. The molecule has 1 aromatic heterocycles. The van der Waals surface area contributed by atoms with Crippen molar-refractivity contribution in [1.29, 1.82) is 0 Å². The van der Waals surface area contributed by atoms with E-state index < -0.39 is 0 Å². The summed E-state index contributed by atoms with van der Waals surface area (Å²) in [7, 11) is 0. The zero-order valence-corrected chi connectivity index (χ0v) is 9.24. The molecule has 1 N–H and O–H groups in total. The Bertz CT molecular complexity index is 628. The lowest BCUT2D eigenvalue weighted by molar-refractivity contribution is 0.519. The molecule has 2 aromatic rings. The molecule has 1 aliphatic heterocycles. The molecule has 0 saturated heterocycles. The van der Waals surface area contributed by atoms with Crippen LogP contribution >= 0.6 is 0 Å². The Labute approximate surface area is 92.9 Å². The summed E-state index contributed by atoms with van der Waals surface area (Å²) >= 11 is 0. The van der Waals surface area contributed by atoms with Gasteiger partial charge < -0.3 is 5.32 Å². The summed E-state index contributed by atoms with van der Waals surface area (Å²) in [5, 5.41) is 3.90. The monoisotopic (exact) mass is 214 g/mol. The van der Waals surface area contributed by atoms with Crippen molar-refractivity contribution in [3.8, 4) is 0 Å². The van der Waals surface area contributed by atoms with E-state index >= 15 is 0 Å². The largest absolute Gasteiger partial charge is 0.349 e. The van der Waals surface area contributed by atoms with E-state index in [1.54, 1.807) is 22.8 Å². The topological polar surface area (TPSA) is 46.9 Å². The quantitative estimate of drug-likeness (QED) is 0.721. The number of nitrogens with one attached hydrogen (secondary N) is 1. The van der Waals surface area contributed by atoms with Crippen LogP contribution < -0.4 is 10.9 Å². The Hall–Kier alpha value is -1.84. The van der Waals surface area contributed by atoms with Gasteiger partial charge in [0.25, 0.3) is 5.56 Å². The summed E-state index contributed by atoms with van der Waals surface area (Å²) in [6.45, 7) is 4.76. The smallest absolute Gasteiger partial charge is 0.262 e. The second-order valence-corrected chi connectivity index (χ2v) is 4.78. The predicted molar refractivity (Wildman–Crippen MR) is 62.5 cm³/mol. The maximum absolute atomic E-state index is 12.2. The molecule has 3 rings (SSSR count). The highest BCUT2D eigenvalue weighted by Crippen LogP contribution is 2.23. The van der Waals surface area contributed by atoms with E-state index in [1.807, 2.05) is 0 Å². The molecule has 4 nitrogen and oxygen atoms in total. The van der Waals surface area contributed by atoms with Crippen molar-refractivity contribution >= 4 is 16.9 Å². The van der Waals surface area contributed by atoms with Gasteiger partial charge in [0.1, 0.15) is 0 Å². The van der Waals surface area contributed by atoms with Gasteiger partial charge in [-0.15, -0.1) is 0 Å². The number of anilines is 1. The zero-order valence-electron chi connectivity index (χ0n) is 9.24. The van der Waals surface area contributed by atoms with Crippen LogP contribution in [0.15, 0.2) is 23.0 Å². The van der Waals surface area contributed by atoms with Crippen LogP contribution in [0.2, 0.25) is 0 Å². The lowest BCUT2D eigenvalue weighted by atomic mass is 10.1. The molecule has 0 fully saturated rings. The Morgan fingerprint density at radius 1 is 1.56 bits per heavy atom. The van der Waals surface area contributed by atoms with Gasteiger partial charge in [-0.3, -0.25) is 9.36 Å². The van der Waals surface area contributed by atoms with Gasteiger partial charge in [-0.1, -0.05) is 6.07 Å². The molecule has 0 bridgehead atoms. The third-order valence-electron chi connectivity index (χ3n) is 2.80. The molecule has 0 unspecified atom stereocenters. The third kappa shape index (κ3) is 1.23. The van der Waals surface area contributed by atoms with Crippen molar-refractivity contribution in [2.45, 2.75) is 25.9 Å². The van der Waals surface area contributed by atoms with Crippen LogP contribution in [-0.4, -0.2) is 15.1 Å². The number of hydrogen-bond donors (Lipinski definition) is 1. The van der Waals surface area contributed by atoms with E-state index in [0.29, 0.717) is 23.4 Å². The molecule has 81 valence electrons.